The van der Waals surface area contributed by atoms with Gasteiger partial charge in [-0.25, -0.2) is 0 Å². The smallest absolute Gasteiger partial charge is 0.256 e. The second-order valence-electron chi connectivity index (χ2n) is 4.84. The van der Waals surface area contributed by atoms with Crippen LogP contribution in [-0.2, 0) is 4.79 Å². The summed E-state index contributed by atoms with van der Waals surface area (Å²) < 4.78 is 5.12. The summed E-state index contributed by atoms with van der Waals surface area (Å²) in [6, 6.07) is 3.35. The first kappa shape index (κ1) is 15.7. The first-order valence-corrected chi connectivity index (χ1v) is 7.09. The van der Waals surface area contributed by atoms with E-state index in [4.69, 9.17) is 10.3 Å². The number of amides is 2. The zero-order valence-electron chi connectivity index (χ0n) is 12.5. The molecule has 2 rings (SSSR count). The van der Waals surface area contributed by atoms with Gasteiger partial charge in [-0.3, -0.25) is 19.9 Å². The van der Waals surface area contributed by atoms with E-state index in [0.717, 1.165) is 0 Å². The van der Waals surface area contributed by atoms with Gasteiger partial charge in [-0.1, -0.05) is 19.0 Å². The van der Waals surface area contributed by atoms with E-state index >= 15 is 0 Å². The van der Waals surface area contributed by atoms with Gasteiger partial charge in [-0.05, 0) is 25.0 Å². The maximum Gasteiger partial charge on any atom is 0.256 e. The Bertz CT molecular complexity index is 663. The zero-order chi connectivity index (χ0) is 16.1. The van der Waals surface area contributed by atoms with E-state index in [9.17, 15) is 9.59 Å². The first-order valence-electron chi connectivity index (χ1n) is 7.09. The summed E-state index contributed by atoms with van der Waals surface area (Å²) in [5, 5.41) is 6.45. The molecule has 2 aromatic rings. The van der Waals surface area contributed by atoms with Crippen molar-refractivity contribution in [2.75, 3.05) is 5.32 Å². The summed E-state index contributed by atoms with van der Waals surface area (Å²) in [6.07, 6.45) is 4.52. The molecule has 0 saturated heterocycles. The van der Waals surface area contributed by atoms with Gasteiger partial charge in [0.2, 0.25) is 11.8 Å². The minimum Gasteiger partial charge on any atom is -0.365 e. The topological polar surface area (TPSA) is 111 Å². The summed E-state index contributed by atoms with van der Waals surface area (Å²) in [4.78, 5) is 27.8. The van der Waals surface area contributed by atoms with Gasteiger partial charge in [0.05, 0.1) is 0 Å². The summed E-state index contributed by atoms with van der Waals surface area (Å²) in [7, 11) is 0. The van der Waals surface area contributed by atoms with Gasteiger partial charge in [0.1, 0.15) is 11.3 Å². The van der Waals surface area contributed by atoms with Gasteiger partial charge in [0.15, 0.2) is 0 Å². The van der Waals surface area contributed by atoms with E-state index in [1.807, 2.05) is 13.8 Å². The molecule has 116 valence electrons. The molecule has 2 heterocycles. The molecule has 0 bridgehead atoms. The molecule has 0 aliphatic carbocycles. The second kappa shape index (κ2) is 6.84. The fourth-order valence-electron chi connectivity index (χ4n) is 2.18. The Balaban J connectivity index is 2.36. The Morgan fingerprint density at radius 2 is 1.91 bits per heavy atom. The molecule has 0 atom stereocenters. The number of anilines is 1. The lowest BCUT2D eigenvalue weighted by atomic mass is 10.0. The maximum absolute atomic E-state index is 12.1. The van der Waals surface area contributed by atoms with Gasteiger partial charge in [-0.15, -0.1) is 0 Å². The molecule has 0 aliphatic rings. The van der Waals surface area contributed by atoms with Crippen molar-refractivity contribution >= 4 is 17.7 Å². The fourth-order valence-corrected chi connectivity index (χ4v) is 2.18. The number of pyridine rings is 1. The number of carbonyl (C=O) groups is 2. The Labute approximate surface area is 127 Å². The molecule has 0 radical (unpaired) electrons. The number of rotatable bonds is 6. The van der Waals surface area contributed by atoms with E-state index in [0.29, 0.717) is 18.4 Å². The maximum atomic E-state index is 12.1. The van der Waals surface area contributed by atoms with Crippen LogP contribution in [0.1, 0.15) is 37.0 Å². The lowest BCUT2D eigenvalue weighted by molar-refractivity contribution is -0.120. The number of carbonyl (C=O) groups excluding carboxylic acids is 2. The van der Waals surface area contributed by atoms with Crippen LogP contribution in [0.15, 0.2) is 29.0 Å². The van der Waals surface area contributed by atoms with E-state index in [-0.39, 0.29) is 29.0 Å². The normalized spacial score (nSPS) is 10.7. The molecule has 7 nitrogen and oxygen atoms in total. The van der Waals surface area contributed by atoms with E-state index in [1.54, 1.807) is 24.5 Å². The van der Waals surface area contributed by atoms with E-state index < -0.39 is 5.91 Å². The average Bonchev–Trinajstić information content (AvgIpc) is 2.93. The SMILES string of the molecule is CCC(CC)C(=O)Nc1onc(-c2ccncc2)c1C(N)=O. The van der Waals surface area contributed by atoms with Crippen molar-refractivity contribution in [1.29, 1.82) is 0 Å². The Morgan fingerprint density at radius 1 is 1.27 bits per heavy atom. The molecular weight excluding hydrogens is 284 g/mol. The van der Waals surface area contributed by atoms with Crippen molar-refractivity contribution in [2.45, 2.75) is 26.7 Å². The van der Waals surface area contributed by atoms with Crippen LogP contribution in [0.25, 0.3) is 11.3 Å². The van der Waals surface area contributed by atoms with Crippen LogP contribution in [0.2, 0.25) is 0 Å². The fraction of sp³-hybridized carbons (Fsp3) is 0.333. The van der Waals surface area contributed by atoms with Crippen molar-refractivity contribution in [2.24, 2.45) is 11.7 Å². The lowest BCUT2D eigenvalue weighted by Crippen LogP contribution is -2.23. The Morgan fingerprint density at radius 3 is 2.45 bits per heavy atom. The average molecular weight is 302 g/mol. The third kappa shape index (κ3) is 3.13. The first-order chi connectivity index (χ1) is 10.6. The molecule has 0 saturated carbocycles. The highest BCUT2D eigenvalue weighted by molar-refractivity contribution is 6.06. The number of hydrogen-bond acceptors (Lipinski definition) is 5. The van der Waals surface area contributed by atoms with Crippen molar-refractivity contribution in [3.05, 3.63) is 30.1 Å². The minimum absolute atomic E-state index is 0.0174. The third-order valence-electron chi connectivity index (χ3n) is 3.49. The predicted octanol–water partition coefficient (Wildman–Crippen LogP) is 2.21. The van der Waals surface area contributed by atoms with Crippen LogP contribution in [0.4, 0.5) is 5.88 Å². The molecule has 0 spiro atoms. The molecule has 0 aliphatic heterocycles. The van der Waals surface area contributed by atoms with Crippen molar-refractivity contribution in [1.82, 2.24) is 10.1 Å². The van der Waals surface area contributed by atoms with Crippen LogP contribution >= 0.6 is 0 Å². The number of nitrogens with one attached hydrogen (secondary N) is 1. The molecule has 0 fully saturated rings. The highest BCUT2D eigenvalue weighted by Gasteiger charge is 2.25. The van der Waals surface area contributed by atoms with Crippen molar-refractivity contribution in [3.63, 3.8) is 0 Å². The predicted molar refractivity (Wildman–Crippen MR) is 81.0 cm³/mol. The molecular formula is C15H18N4O3. The van der Waals surface area contributed by atoms with Gasteiger partial charge < -0.3 is 10.3 Å². The van der Waals surface area contributed by atoms with Crippen LogP contribution in [-0.4, -0.2) is 22.0 Å². The Kier molecular flexibility index (Phi) is 4.88. The molecule has 22 heavy (non-hydrogen) atoms. The van der Waals surface area contributed by atoms with E-state index in [2.05, 4.69) is 15.5 Å². The highest BCUT2D eigenvalue weighted by Crippen LogP contribution is 2.28. The monoisotopic (exact) mass is 302 g/mol. The van der Waals surface area contributed by atoms with Crippen molar-refractivity contribution in [3.8, 4) is 11.3 Å². The number of hydrogen-bond donors (Lipinski definition) is 2. The Hall–Kier alpha value is -2.70. The molecule has 2 amide bonds. The minimum atomic E-state index is -0.715. The largest absolute Gasteiger partial charge is 0.365 e. The molecule has 7 heteroatoms. The van der Waals surface area contributed by atoms with Crippen LogP contribution in [0.3, 0.4) is 0 Å². The number of nitrogens with two attached hydrogens (primary N) is 1. The lowest BCUT2D eigenvalue weighted by Gasteiger charge is -2.11. The number of primary amides is 1. The molecule has 0 unspecified atom stereocenters. The number of aromatic nitrogens is 2. The summed E-state index contributed by atoms with van der Waals surface area (Å²) >= 11 is 0. The quantitative estimate of drug-likeness (QED) is 0.849. The highest BCUT2D eigenvalue weighted by atomic mass is 16.5. The summed E-state index contributed by atoms with van der Waals surface area (Å²) in [5.41, 5.74) is 6.39. The van der Waals surface area contributed by atoms with Crippen LogP contribution in [0.5, 0.6) is 0 Å². The molecule has 3 N–H and O–H groups in total. The van der Waals surface area contributed by atoms with Crippen molar-refractivity contribution < 1.29 is 14.1 Å². The summed E-state index contributed by atoms with van der Waals surface area (Å²) in [5.74, 6) is -1.11. The molecule has 0 aromatic carbocycles. The van der Waals surface area contributed by atoms with Gasteiger partial charge in [-0.2, -0.15) is 0 Å². The second-order valence-corrected chi connectivity index (χ2v) is 4.84. The third-order valence-corrected chi connectivity index (χ3v) is 3.49. The van der Waals surface area contributed by atoms with Gasteiger partial charge >= 0.3 is 0 Å². The van der Waals surface area contributed by atoms with Crippen LogP contribution < -0.4 is 11.1 Å². The number of nitrogens with zero attached hydrogens (tertiary/aromatic N) is 2. The van der Waals surface area contributed by atoms with Gasteiger partial charge in [0, 0.05) is 23.9 Å². The zero-order valence-corrected chi connectivity index (χ0v) is 12.5. The van der Waals surface area contributed by atoms with Crippen LogP contribution in [0, 0.1) is 5.92 Å². The van der Waals surface area contributed by atoms with Gasteiger partial charge in [0.25, 0.3) is 5.91 Å². The summed E-state index contributed by atoms with van der Waals surface area (Å²) in [6.45, 7) is 3.84. The molecule has 2 aromatic heterocycles. The standard InChI is InChI=1S/C15H18N4O3/c1-3-9(4-2)14(21)18-15-11(13(16)20)12(19-22-15)10-5-7-17-8-6-10/h5-9H,3-4H2,1-2H3,(H2,16,20)(H,18,21). The van der Waals surface area contributed by atoms with E-state index in [1.165, 1.54) is 0 Å².